The van der Waals surface area contributed by atoms with E-state index in [0.29, 0.717) is 27.7 Å². The molecule has 1 aromatic heterocycles. The van der Waals surface area contributed by atoms with Gasteiger partial charge in [0.25, 0.3) is 0 Å². The molecule has 1 aliphatic carbocycles. The molecule has 0 aliphatic heterocycles. The van der Waals surface area contributed by atoms with Gasteiger partial charge >= 0.3 is 5.97 Å². The fraction of sp³-hybridized carbons (Fsp3) is 0.500. The van der Waals surface area contributed by atoms with E-state index in [2.05, 4.69) is 32.0 Å². The Hall–Kier alpha value is -2.63. The summed E-state index contributed by atoms with van der Waals surface area (Å²) in [6.07, 6.45) is 7.54. The predicted molar refractivity (Wildman–Crippen MR) is 130 cm³/mol. The van der Waals surface area contributed by atoms with Crippen molar-refractivity contribution < 1.29 is 14.3 Å². The van der Waals surface area contributed by atoms with Crippen LogP contribution >= 0.6 is 22.9 Å². The van der Waals surface area contributed by atoms with Crippen LogP contribution < -0.4 is 9.54 Å². The Labute approximate surface area is 203 Å². The van der Waals surface area contributed by atoms with E-state index in [1.165, 1.54) is 18.3 Å². The molecule has 1 heterocycles. The summed E-state index contributed by atoms with van der Waals surface area (Å²) >= 11 is 7.74. The zero-order valence-corrected chi connectivity index (χ0v) is 21.2. The number of carbonyl (C=O) groups excluding carboxylic acids is 1. The van der Waals surface area contributed by atoms with E-state index in [0.717, 1.165) is 30.6 Å². The number of thiazole rings is 1. The Kier molecular flexibility index (Phi) is 7.65. The molecule has 3 rings (SSSR count). The van der Waals surface area contributed by atoms with Crippen molar-refractivity contribution in [2.75, 3.05) is 7.11 Å². The highest BCUT2D eigenvalue weighted by Crippen LogP contribution is 2.35. The number of amidine groups is 1. The van der Waals surface area contributed by atoms with E-state index in [1.807, 2.05) is 10.8 Å². The Bertz CT molecular complexity index is 1160. The largest absolute Gasteiger partial charge is 0.496 e. The van der Waals surface area contributed by atoms with Crippen molar-refractivity contribution >= 4 is 34.7 Å². The molecular weight excluding hydrogens is 460 g/mol. The van der Waals surface area contributed by atoms with Crippen LogP contribution in [0.3, 0.4) is 0 Å². The van der Waals surface area contributed by atoms with E-state index in [4.69, 9.17) is 26.1 Å². The smallest absolute Gasteiger partial charge is 0.303 e. The van der Waals surface area contributed by atoms with Crippen LogP contribution in [0.1, 0.15) is 63.8 Å². The van der Waals surface area contributed by atoms with Gasteiger partial charge in [-0.15, -0.1) is 11.3 Å². The molecular formula is C24H29ClN4O3S. The first-order chi connectivity index (χ1) is 15.6. The van der Waals surface area contributed by atoms with E-state index < -0.39 is 5.60 Å². The lowest BCUT2D eigenvalue weighted by Crippen LogP contribution is -2.38. The number of rotatable bonds is 5. The number of ether oxygens (including phenoxy) is 2. The average Bonchev–Trinajstić information content (AvgIpc) is 3.34. The molecule has 1 aromatic carbocycles. The molecule has 0 amide bonds. The third kappa shape index (κ3) is 6.04. The summed E-state index contributed by atoms with van der Waals surface area (Å²) in [6.45, 7) is 8.34. The molecule has 1 saturated carbocycles. The summed E-state index contributed by atoms with van der Waals surface area (Å²) in [5.41, 5.74) is -0.137. The number of nitriles is 1. The second-order valence-electron chi connectivity index (χ2n) is 9.23. The Balaban J connectivity index is 2.17. The minimum atomic E-state index is -0.558. The molecule has 2 aromatic rings. The number of hydrogen-bond acceptors (Lipinski definition) is 6. The molecule has 176 valence electrons. The Morgan fingerprint density at radius 2 is 2.03 bits per heavy atom. The van der Waals surface area contributed by atoms with Crippen molar-refractivity contribution in [2.24, 2.45) is 9.98 Å². The molecule has 9 heteroatoms. The Morgan fingerprint density at radius 1 is 1.33 bits per heavy atom. The molecule has 1 fully saturated rings. The van der Waals surface area contributed by atoms with Crippen LogP contribution in [0, 0.1) is 11.5 Å². The summed E-state index contributed by atoms with van der Waals surface area (Å²) < 4.78 is 13.3. The summed E-state index contributed by atoms with van der Waals surface area (Å²) in [4.78, 5) is 22.4. The van der Waals surface area contributed by atoms with Crippen molar-refractivity contribution in [1.82, 2.24) is 4.57 Å². The standard InChI is InChI=1S/C24H29ClN4O3S/c1-16(30)32-24(10-6-7-11-24)14-29-13-20(23(2,3)4)33-22(29)28-21(27-15-26)18-12-17(25)8-9-19(18)31-5/h8-9,12-13H,6-7,10-11,14H2,1-5H3/b27-21-,28-22-. The van der Waals surface area contributed by atoms with Gasteiger partial charge in [-0.25, -0.2) is 0 Å². The monoisotopic (exact) mass is 488 g/mol. The van der Waals surface area contributed by atoms with Gasteiger partial charge < -0.3 is 14.0 Å². The molecule has 33 heavy (non-hydrogen) atoms. The van der Waals surface area contributed by atoms with Crippen molar-refractivity contribution in [1.29, 1.82) is 5.26 Å². The SMILES string of the molecule is COc1ccc(Cl)cc1C(=N/C#N)/N=c1\sc(C(C)(C)C)cn1CC1(OC(C)=O)CCCC1. The zero-order chi connectivity index (χ0) is 24.2. The number of aromatic nitrogens is 1. The van der Waals surface area contributed by atoms with Gasteiger partial charge in [0.1, 0.15) is 11.4 Å². The van der Waals surface area contributed by atoms with Gasteiger partial charge in [-0.3, -0.25) is 4.79 Å². The molecule has 0 N–H and O–H groups in total. The van der Waals surface area contributed by atoms with Crippen LogP contribution in [0.2, 0.25) is 5.02 Å². The number of methoxy groups -OCH3 is 1. The zero-order valence-electron chi connectivity index (χ0n) is 19.6. The maximum atomic E-state index is 11.9. The molecule has 0 spiro atoms. The van der Waals surface area contributed by atoms with Crippen LogP contribution in [0.25, 0.3) is 0 Å². The van der Waals surface area contributed by atoms with E-state index in [-0.39, 0.29) is 17.2 Å². The number of halogens is 1. The van der Waals surface area contributed by atoms with Gasteiger partial charge in [-0.2, -0.15) is 15.2 Å². The summed E-state index contributed by atoms with van der Waals surface area (Å²) in [5.74, 6) is 0.446. The van der Waals surface area contributed by atoms with Gasteiger partial charge in [0.05, 0.1) is 19.2 Å². The van der Waals surface area contributed by atoms with E-state index >= 15 is 0 Å². The second-order valence-corrected chi connectivity index (χ2v) is 10.7. The Morgan fingerprint density at radius 3 is 2.61 bits per heavy atom. The highest BCUT2D eigenvalue weighted by Gasteiger charge is 2.38. The summed E-state index contributed by atoms with van der Waals surface area (Å²) in [6, 6.07) is 5.11. The first kappa shape index (κ1) is 25.0. The molecule has 0 unspecified atom stereocenters. The third-order valence-electron chi connectivity index (χ3n) is 5.55. The highest BCUT2D eigenvalue weighted by molar-refractivity contribution is 7.09. The number of benzene rings is 1. The lowest BCUT2D eigenvalue weighted by Gasteiger charge is -2.29. The normalized spacial score (nSPS) is 16.5. The fourth-order valence-corrected chi connectivity index (χ4v) is 5.21. The minimum Gasteiger partial charge on any atom is -0.496 e. The number of carbonyl (C=O) groups is 1. The fourth-order valence-electron chi connectivity index (χ4n) is 3.99. The number of nitrogens with zero attached hydrogens (tertiary/aromatic N) is 4. The molecule has 1 aliphatic rings. The topological polar surface area (TPSA) is 89.0 Å². The van der Waals surface area contributed by atoms with Gasteiger partial charge in [0.15, 0.2) is 10.6 Å². The molecule has 7 nitrogen and oxygen atoms in total. The van der Waals surface area contributed by atoms with Crippen LogP contribution in [-0.4, -0.2) is 29.1 Å². The summed E-state index contributed by atoms with van der Waals surface area (Å²) in [5, 5.41) is 9.84. The maximum absolute atomic E-state index is 11.9. The maximum Gasteiger partial charge on any atom is 0.303 e. The van der Waals surface area contributed by atoms with Crippen molar-refractivity contribution in [2.45, 2.75) is 70.9 Å². The highest BCUT2D eigenvalue weighted by atomic mass is 35.5. The second kappa shape index (κ2) is 10.1. The van der Waals surface area contributed by atoms with Crippen molar-refractivity contribution in [3.8, 4) is 11.9 Å². The first-order valence-electron chi connectivity index (χ1n) is 10.8. The average molecular weight is 489 g/mol. The molecule has 0 atom stereocenters. The molecule has 0 bridgehead atoms. The number of hydrogen-bond donors (Lipinski definition) is 0. The number of esters is 1. The van der Waals surface area contributed by atoms with Crippen molar-refractivity contribution in [3.05, 3.63) is 44.7 Å². The van der Waals surface area contributed by atoms with Crippen LogP contribution in [-0.2, 0) is 21.5 Å². The van der Waals surface area contributed by atoms with Crippen LogP contribution in [0.15, 0.2) is 34.4 Å². The lowest BCUT2D eigenvalue weighted by atomic mass is 9.95. The predicted octanol–water partition coefficient (Wildman–Crippen LogP) is 5.21. The molecule has 0 saturated heterocycles. The van der Waals surface area contributed by atoms with E-state index in [9.17, 15) is 10.1 Å². The number of aliphatic imine (C=N–C) groups is 1. The van der Waals surface area contributed by atoms with Gasteiger partial charge in [-0.1, -0.05) is 32.4 Å². The van der Waals surface area contributed by atoms with Crippen molar-refractivity contribution in [3.63, 3.8) is 0 Å². The minimum absolute atomic E-state index is 0.106. The summed E-state index contributed by atoms with van der Waals surface area (Å²) in [7, 11) is 1.54. The van der Waals surface area contributed by atoms with Gasteiger partial charge in [-0.05, 0) is 49.3 Å². The molecule has 0 radical (unpaired) electrons. The van der Waals surface area contributed by atoms with Gasteiger partial charge in [0.2, 0.25) is 6.19 Å². The van der Waals surface area contributed by atoms with E-state index in [1.54, 1.807) is 25.3 Å². The quantitative estimate of drug-likeness (QED) is 0.250. The third-order valence-corrected chi connectivity index (χ3v) is 7.23. The van der Waals surface area contributed by atoms with Crippen LogP contribution in [0.5, 0.6) is 5.75 Å². The lowest BCUT2D eigenvalue weighted by molar-refractivity contribution is -0.158. The first-order valence-corrected chi connectivity index (χ1v) is 12.0. The van der Waals surface area contributed by atoms with Gasteiger partial charge in [0, 0.05) is 23.0 Å². The van der Waals surface area contributed by atoms with Crippen LogP contribution in [0.4, 0.5) is 0 Å².